The van der Waals surface area contributed by atoms with Crippen molar-refractivity contribution in [1.82, 2.24) is 14.7 Å². The first kappa shape index (κ1) is 18.4. The van der Waals surface area contributed by atoms with Crippen LogP contribution in [0.4, 0.5) is 0 Å². The SMILES string of the molecule is C/C=C/C=C/C(=O)N(C)Cc1cn(-c2ccccc2)nc1-c1ccccc1. The van der Waals surface area contributed by atoms with Crippen molar-refractivity contribution < 1.29 is 4.79 Å². The van der Waals surface area contributed by atoms with Gasteiger partial charge in [0.25, 0.3) is 0 Å². The second-order valence-electron chi connectivity index (χ2n) is 6.23. The molecule has 4 nitrogen and oxygen atoms in total. The molecule has 3 rings (SSSR count). The van der Waals surface area contributed by atoms with E-state index in [4.69, 9.17) is 5.10 Å². The van der Waals surface area contributed by atoms with Gasteiger partial charge >= 0.3 is 0 Å². The van der Waals surface area contributed by atoms with E-state index in [9.17, 15) is 4.79 Å². The van der Waals surface area contributed by atoms with Crippen LogP contribution in [0.3, 0.4) is 0 Å². The van der Waals surface area contributed by atoms with Gasteiger partial charge in [0.05, 0.1) is 11.4 Å². The van der Waals surface area contributed by atoms with E-state index in [1.54, 1.807) is 24.1 Å². The van der Waals surface area contributed by atoms with Gasteiger partial charge in [-0.2, -0.15) is 5.10 Å². The molecule has 0 aliphatic carbocycles. The topological polar surface area (TPSA) is 38.1 Å². The molecular weight excluding hydrogens is 334 g/mol. The molecule has 3 aromatic rings. The van der Waals surface area contributed by atoms with Crippen LogP contribution in [0.1, 0.15) is 12.5 Å². The minimum absolute atomic E-state index is 0.0421. The van der Waals surface area contributed by atoms with Gasteiger partial charge in [-0.3, -0.25) is 4.79 Å². The Kier molecular flexibility index (Phi) is 6.00. The highest BCUT2D eigenvalue weighted by molar-refractivity contribution is 5.87. The molecule has 2 aromatic carbocycles. The van der Waals surface area contributed by atoms with E-state index in [1.165, 1.54) is 0 Å². The summed E-state index contributed by atoms with van der Waals surface area (Å²) in [6, 6.07) is 20.0. The van der Waals surface area contributed by atoms with Crippen molar-refractivity contribution in [1.29, 1.82) is 0 Å². The van der Waals surface area contributed by atoms with Gasteiger partial charge in [-0.25, -0.2) is 4.68 Å². The number of allylic oxidation sites excluding steroid dienone is 3. The highest BCUT2D eigenvalue weighted by atomic mass is 16.2. The molecule has 1 aromatic heterocycles. The van der Waals surface area contributed by atoms with Crippen molar-refractivity contribution >= 4 is 5.91 Å². The van der Waals surface area contributed by atoms with Crippen LogP contribution in [0, 0.1) is 0 Å². The number of nitrogens with zero attached hydrogens (tertiary/aromatic N) is 3. The zero-order chi connectivity index (χ0) is 19.1. The van der Waals surface area contributed by atoms with Crippen molar-refractivity contribution in [2.75, 3.05) is 7.05 Å². The lowest BCUT2D eigenvalue weighted by Gasteiger charge is -2.14. The zero-order valence-electron chi connectivity index (χ0n) is 15.6. The Hall–Kier alpha value is -3.40. The Balaban J connectivity index is 1.93. The molecule has 0 saturated heterocycles. The van der Waals surface area contributed by atoms with Crippen LogP contribution in [0.2, 0.25) is 0 Å². The third-order valence-electron chi connectivity index (χ3n) is 4.18. The predicted octanol–water partition coefficient (Wildman–Crippen LogP) is 4.63. The molecule has 0 N–H and O–H groups in total. The first-order valence-electron chi connectivity index (χ1n) is 8.93. The van der Waals surface area contributed by atoms with Crippen molar-refractivity contribution in [3.05, 3.63) is 96.7 Å². The zero-order valence-corrected chi connectivity index (χ0v) is 15.6. The van der Waals surface area contributed by atoms with E-state index >= 15 is 0 Å². The van der Waals surface area contributed by atoms with E-state index in [1.807, 2.05) is 90.6 Å². The summed E-state index contributed by atoms with van der Waals surface area (Å²) in [7, 11) is 1.80. The molecule has 0 atom stereocenters. The van der Waals surface area contributed by atoms with Gasteiger partial charge in [0, 0.05) is 37.0 Å². The lowest BCUT2D eigenvalue weighted by Crippen LogP contribution is -2.24. The normalized spacial score (nSPS) is 11.3. The summed E-state index contributed by atoms with van der Waals surface area (Å²) in [4.78, 5) is 14.0. The summed E-state index contributed by atoms with van der Waals surface area (Å²) in [5.41, 5.74) is 3.91. The number of hydrogen-bond donors (Lipinski definition) is 0. The quantitative estimate of drug-likeness (QED) is 0.476. The molecule has 0 fully saturated rings. The fourth-order valence-electron chi connectivity index (χ4n) is 2.79. The monoisotopic (exact) mass is 357 g/mol. The molecule has 0 bridgehead atoms. The highest BCUT2D eigenvalue weighted by Gasteiger charge is 2.15. The maximum atomic E-state index is 12.3. The molecule has 27 heavy (non-hydrogen) atoms. The standard InChI is InChI=1S/C23H23N3O/c1-3-4-7-16-22(27)25(2)17-20-18-26(21-14-10-6-11-15-21)24-23(20)19-12-8-5-9-13-19/h3-16,18H,17H2,1-2H3/b4-3+,16-7+. The van der Waals surface area contributed by atoms with Crippen LogP contribution in [0.25, 0.3) is 16.9 Å². The highest BCUT2D eigenvalue weighted by Crippen LogP contribution is 2.24. The van der Waals surface area contributed by atoms with E-state index in [0.717, 1.165) is 22.5 Å². The molecule has 4 heteroatoms. The van der Waals surface area contributed by atoms with Gasteiger partial charge < -0.3 is 4.90 Å². The Labute approximate surface area is 160 Å². The summed E-state index contributed by atoms with van der Waals surface area (Å²) >= 11 is 0. The molecule has 136 valence electrons. The number of amides is 1. The third kappa shape index (κ3) is 4.61. The summed E-state index contributed by atoms with van der Waals surface area (Å²) in [5, 5.41) is 4.79. The molecule has 0 unspecified atom stereocenters. The first-order chi connectivity index (χ1) is 13.2. The third-order valence-corrected chi connectivity index (χ3v) is 4.18. The van der Waals surface area contributed by atoms with E-state index < -0.39 is 0 Å². The van der Waals surface area contributed by atoms with E-state index in [2.05, 4.69) is 0 Å². The molecule has 1 amide bonds. The lowest BCUT2D eigenvalue weighted by atomic mass is 10.1. The lowest BCUT2D eigenvalue weighted by molar-refractivity contribution is -0.125. The van der Waals surface area contributed by atoms with Gasteiger partial charge in [-0.1, -0.05) is 66.8 Å². The van der Waals surface area contributed by atoms with Crippen LogP contribution in [-0.4, -0.2) is 27.6 Å². The smallest absolute Gasteiger partial charge is 0.246 e. The minimum Gasteiger partial charge on any atom is -0.338 e. The molecule has 1 heterocycles. The van der Waals surface area contributed by atoms with Gasteiger partial charge in [0.2, 0.25) is 5.91 Å². The molecule has 0 radical (unpaired) electrons. The van der Waals surface area contributed by atoms with Crippen molar-refractivity contribution in [2.24, 2.45) is 0 Å². The molecular formula is C23H23N3O. The molecule has 0 saturated carbocycles. The van der Waals surface area contributed by atoms with E-state index in [-0.39, 0.29) is 5.91 Å². The number of benzene rings is 2. The molecule has 0 aliphatic rings. The van der Waals surface area contributed by atoms with Gasteiger partial charge in [-0.15, -0.1) is 0 Å². The number of rotatable bonds is 6. The van der Waals surface area contributed by atoms with Crippen LogP contribution in [-0.2, 0) is 11.3 Å². The first-order valence-corrected chi connectivity index (χ1v) is 8.93. The summed E-state index contributed by atoms with van der Waals surface area (Å²) < 4.78 is 1.87. The van der Waals surface area contributed by atoms with E-state index in [0.29, 0.717) is 6.54 Å². The summed E-state index contributed by atoms with van der Waals surface area (Å²) in [6.07, 6.45) is 9.06. The van der Waals surface area contributed by atoms with Crippen molar-refractivity contribution in [2.45, 2.75) is 13.5 Å². The van der Waals surface area contributed by atoms with Crippen molar-refractivity contribution in [3.8, 4) is 16.9 Å². The summed E-state index contributed by atoms with van der Waals surface area (Å²) in [6.45, 7) is 2.40. The van der Waals surface area contributed by atoms with Crippen LogP contribution in [0.5, 0.6) is 0 Å². The predicted molar refractivity (Wildman–Crippen MR) is 109 cm³/mol. The minimum atomic E-state index is -0.0421. The number of para-hydroxylation sites is 1. The van der Waals surface area contributed by atoms with Gasteiger partial charge in [-0.05, 0) is 19.1 Å². The Bertz CT molecular complexity index is 940. The second-order valence-corrected chi connectivity index (χ2v) is 6.23. The number of carbonyl (C=O) groups excluding carboxylic acids is 1. The molecule has 0 spiro atoms. The average molecular weight is 357 g/mol. The van der Waals surface area contributed by atoms with Crippen LogP contribution < -0.4 is 0 Å². The van der Waals surface area contributed by atoms with Crippen molar-refractivity contribution in [3.63, 3.8) is 0 Å². The number of likely N-dealkylation sites (N-methyl/N-ethyl adjacent to an activating group) is 1. The maximum Gasteiger partial charge on any atom is 0.246 e. The fourth-order valence-corrected chi connectivity index (χ4v) is 2.79. The largest absolute Gasteiger partial charge is 0.338 e. The Morgan fingerprint density at radius 2 is 1.70 bits per heavy atom. The second kappa shape index (κ2) is 8.81. The fraction of sp³-hybridized carbons (Fsp3) is 0.130. The van der Waals surface area contributed by atoms with Crippen LogP contribution in [0.15, 0.2) is 91.2 Å². The van der Waals surface area contributed by atoms with Gasteiger partial charge in [0.15, 0.2) is 0 Å². The molecule has 0 aliphatic heterocycles. The average Bonchev–Trinajstić information content (AvgIpc) is 3.13. The number of aromatic nitrogens is 2. The number of carbonyl (C=O) groups is 1. The maximum absolute atomic E-state index is 12.3. The number of hydrogen-bond acceptors (Lipinski definition) is 2. The Morgan fingerprint density at radius 3 is 2.37 bits per heavy atom. The Morgan fingerprint density at radius 1 is 1.04 bits per heavy atom. The summed E-state index contributed by atoms with van der Waals surface area (Å²) in [5.74, 6) is -0.0421. The van der Waals surface area contributed by atoms with Crippen LogP contribution >= 0.6 is 0 Å². The van der Waals surface area contributed by atoms with Gasteiger partial charge in [0.1, 0.15) is 0 Å².